The van der Waals surface area contributed by atoms with Gasteiger partial charge in [-0.25, -0.2) is 9.48 Å². The van der Waals surface area contributed by atoms with Gasteiger partial charge in [0, 0.05) is 5.02 Å². The number of carboxylic acid groups (broad SMARTS) is 1. The average molecular weight is 302 g/mol. The summed E-state index contributed by atoms with van der Waals surface area (Å²) in [5, 5.41) is 17.8. The molecule has 1 atom stereocenters. The van der Waals surface area contributed by atoms with Gasteiger partial charge in [-0.15, -0.1) is 5.10 Å². The van der Waals surface area contributed by atoms with E-state index in [1.165, 1.54) is 6.07 Å². The van der Waals surface area contributed by atoms with Crippen molar-refractivity contribution in [2.24, 2.45) is 0 Å². The highest BCUT2D eigenvalue weighted by Crippen LogP contribution is 2.24. The second-order valence-electron chi connectivity index (χ2n) is 4.77. The van der Waals surface area contributed by atoms with Crippen LogP contribution in [0.15, 0.2) is 42.5 Å². The lowest BCUT2D eigenvalue weighted by Crippen LogP contribution is -2.08. The van der Waals surface area contributed by atoms with Crippen molar-refractivity contribution in [3.05, 3.63) is 58.6 Å². The number of halogens is 1. The van der Waals surface area contributed by atoms with Crippen LogP contribution in [0.5, 0.6) is 0 Å². The minimum atomic E-state index is -0.977. The maximum absolute atomic E-state index is 11.0. The van der Waals surface area contributed by atoms with Crippen LogP contribution in [0.25, 0.3) is 11.0 Å². The fourth-order valence-electron chi connectivity index (χ4n) is 2.27. The summed E-state index contributed by atoms with van der Waals surface area (Å²) in [4.78, 5) is 11.0. The Kier molecular flexibility index (Phi) is 3.35. The summed E-state index contributed by atoms with van der Waals surface area (Å²) in [7, 11) is 0. The normalized spacial score (nSPS) is 12.5. The molecular formula is C15H12ClN3O2. The summed E-state index contributed by atoms with van der Waals surface area (Å²) >= 11 is 6.01. The van der Waals surface area contributed by atoms with Gasteiger partial charge in [0.15, 0.2) is 0 Å². The van der Waals surface area contributed by atoms with Gasteiger partial charge in [0.1, 0.15) is 5.52 Å². The van der Waals surface area contributed by atoms with Crippen molar-refractivity contribution in [3.63, 3.8) is 0 Å². The molecule has 0 aliphatic rings. The van der Waals surface area contributed by atoms with Gasteiger partial charge in [0.05, 0.1) is 17.1 Å². The highest BCUT2D eigenvalue weighted by Gasteiger charge is 2.15. The Bertz CT molecular complexity index is 829. The smallest absolute Gasteiger partial charge is 0.335 e. The lowest BCUT2D eigenvalue weighted by atomic mass is 10.1. The molecule has 21 heavy (non-hydrogen) atoms. The number of carboxylic acids is 1. The van der Waals surface area contributed by atoms with Crippen LogP contribution in [0.3, 0.4) is 0 Å². The van der Waals surface area contributed by atoms with Crippen molar-refractivity contribution in [3.8, 4) is 0 Å². The average Bonchev–Trinajstić information content (AvgIpc) is 2.89. The third-order valence-corrected chi connectivity index (χ3v) is 3.65. The van der Waals surface area contributed by atoms with E-state index in [9.17, 15) is 4.79 Å². The van der Waals surface area contributed by atoms with Gasteiger partial charge in [0.25, 0.3) is 0 Å². The van der Waals surface area contributed by atoms with E-state index in [-0.39, 0.29) is 11.6 Å². The molecule has 0 bridgehead atoms. The zero-order chi connectivity index (χ0) is 15.0. The third-order valence-electron chi connectivity index (χ3n) is 3.42. The van der Waals surface area contributed by atoms with E-state index in [1.54, 1.807) is 16.8 Å². The second kappa shape index (κ2) is 5.18. The van der Waals surface area contributed by atoms with E-state index in [1.807, 2.05) is 31.2 Å². The van der Waals surface area contributed by atoms with Crippen LogP contribution in [0.2, 0.25) is 5.02 Å². The van der Waals surface area contributed by atoms with E-state index in [0.29, 0.717) is 10.5 Å². The number of hydrogen-bond donors (Lipinski definition) is 1. The molecule has 0 radical (unpaired) electrons. The number of nitrogens with zero attached hydrogens (tertiary/aromatic N) is 3. The summed E-state index contributed by atoms with van der Waals surface area (Å²) in [6.07, 6.45) is 0. The number of aromatic nitrogens is 3. The molecule has 1 unspecified atom stereocenters. The van der Waals surface area contributed by atoms with Crippen LogP contribution in [0, 0.1) is 0 Å². The molecule has 106 valence electrons. The van der Waals surface area contributed by atoms with Crippen molar-refractivity contribution in [1.29, 1.82) is 0 Å². The molecule has 2 aromatic carbocycles. The summed E-state index contributed by atoms with van der Waals surface area (Å²) in [5.41, 5.74) is 2.55. The van der Waals surface area contributed by atoms with Crippen LogP contribution in [-0.2, 0) is 0 Å². The molecule has 0 aliphatic carbocycles. The standard InChI is InChI=1S/C15H12ClN3O2/c1-9(10-3-2-4-12(16)7-10)19-14-6-5-11(15(20)21)8-13(14)17-18-19/h2-9H,1H3,(H,20,21). The number of fused-ring (bicyclic) bond motifs is 1. The van der Waals surface area contributed by atoms with Crippen LogP contribution < -0.4 is 0 Å². The van der Waals surface area contributed by atoms with Gasteiger partial charge in [0.2, 0.25) is 0 Å². The lowest BCUT2D eigenvalue weighted by molar-refractivity contribution is 0.0697. The third kappa shape index (κ3) is 2.48. The van der Waals surface area contributed by atoms with Gasteiger partial charge < -0.3 is 5.11 Å². The van der Waals surface area contributed by atoms with Crippen LogP contribution in [0.1, 0.15) is 28.9 Å². The zero-order valence-corrected chi connectivity index (χ0v) is 11.9. The Morgan fingerprint density at radius 1 is 1.29 bits per heavy atom. The Morgan fingerprint density at radius 3 is 2.81 bits per heavy atom. The van der Waals surface area contributed by atoms with Gasteiger partial charge in [-0.1, -0.05) is 28.9 Å². The first-order valence-electron chi connectivity index (χ1n) is 6.40. The number of benzene rings is 2. The molecule has 0 aliphatic heterocycles. The van der Waals surface area contributed by atoms with Gasteiger partial charge >= 0.3 is 5.97 Å². The molecule has 0 saturated carbocycles. The quantitative estimate of drug-likeness (QED) is 0.805. The van der Waals surface area contributed by atoms with Crippen molar-refractivity contribution < 1.29 is 9.90 Å². The molecule has 0 fully saturated rings. The topological polar surface area (TPSA) is 68.0 Å². The van der Waals surface area contributed by atoms with E-state index in [2.05, 4.69) is 10.3 Å². The molecule has 0 saturated heterocycles. The SMILES string of the molecule is CC(c1cccc(Cl)c1)n1nnc2cc(C(=O)O)ccc21. The Hall–Kier alpha value is -2.40. The Balaban J connectivity index is 2.06. The maximum atomic E-state index is 11.0. The summed E-state index contributed by atoms with van der Waals surface area (Å²) in [6.45, 7) is 1.99. The van der Waals surface area contributed by atoms with Gasteiger partial charge in [-0.3, -0.25) is 0 Å². The Labute approximate surface area is 125 Å². The first-order chi connectivity index (χ1) is 10.1. The maximum Gasteiger partial charge on any atom is 0.335 e. The van der Waals surface area contributed by atoms with Crippen LogP contribution in [-0.4, -0.2) is 26.1 Å². The number of rotatable bonds is 3. The molecule has 6 heteroatoms. The minimum absolute atomic E-state index is 0.0515. The van der Waals surface area contributed by atoms with Crippen molar-refractivity contribution in [2.75, 3.05) is 0 Å². The van der Waals surface area contributed by atoms with Crippen LogP contribution in [0.4, 0.5) is 0 Å². The van der Waals surface area contributed by atoms with E-state index in [4.69, 9.17) is 16.7 Å². The Morgan fingerprint density at radius 2 is 2.10 bits per heavy atom. The monoisotopic (exact) mass is 301 g/mol. The zero-order valence-electron chi connectivity index (χ0n) is 11.2. The van der Waals surface area contributed by atoms with Crippen LogP contribution >= 0.6 is 11.6 Å². The highest BCUT2D eigenvalue weighted by atomic mass is 35.5. The molecule has 0 spiro atoms. The van der Waals surface area contributed by atoms with Crippen molar-refractivity contribution in [2.45, 2.75) is 13.0 Å². The molecule has 3 aromatic rings. The first kappa shape index (κ1) is 13.6. The minimum Gasteiger partial charge on any atom is -0.478 e. The molecule has 5 nitrogen and oxygen atoms in total. The highest BCUT2D eigenvalue weighted by molar-refractivity contribution is 6.30. The molecule has 1 aromatic heterocycles. The fraction of sp³-hybridized carbons (Fsp3) is 0.133. The van der Waals surface area contributed by atoms with Crippen molar-refractivity contribution >= 4 is 28.6 Å². The first-order valence-corrected chi connectivity index (χ1v) is 6.78. The van der Waals surface area contributed by atoms with Crippen molar-refractivity contribution in [1.82, 2.24) is 15.0 Å². The number of aromatic carboxylic acids is 1. The summed E-state index contributed by atoms with van der Waals surface area (Å²) in [5.74, 6) is -0.977. The summed E-state index contributed by atoms with van der Waals surface area (Å²) in [6, 6.07) is 12.3. The largest absolute Gasteiger partial charge is 0.478 e. The molecular weight excluding hydrogens is 290 g/mol. The van der Waals surface area contributed by atoms with Gasteiger partial charge in [-0.2, -0.15) is 0 Å². The predicted molar refractivity (Wildman–Crippen MR) is 79.8 cm³/mol. The number of hydrogen-bond acceptors (Lipinski definition) is 3. The van der Waals surface area contributed by atoms with E-state index < -0.39 is 5.97 Å². The fourth-order valence-corrected chi connectivity index (χ4v) is 2.47. The predicted octanol–water partition coefficient (Wildman–Crippen LogP) is 3.39. The summed E-state index contributed by atoms with van der Waals surface area (Å²) < 4.78 is 1.76. The lowest BCUT2D eigenvalue weighted by Gasteiger charge is -2.13. The number of carbonyl (C=O) groups is 1. The second-order valence-corrected chi connectivity index (χ2v) is 5.21. The van der Waals surface area contributed by atoms with E-state index in [0.717, 1.165) is 11.1 Å². The molecule has 1 heterocycles. The molecule has 1 N–H and O–H groups in total. The molecule has 3 rings (SSSR count). The van der Waals surface area contributed by atoms with Gasteiger partial charge in [-0.05, 0) is 42.8 Å². The van der Waals surface area contributed by atoms with E-state index >= 15 is 0 Å². The molecule has 0 amide bonds.